The van der Waals surface area contributed by atoms with E-state index in [9.17, 15) is 18.0 Å². The smallest absolute Gasteiger partial charge is 0.446 e. The van der Waals surface area contributed by atoms with Crippen LogP contribution in [-0.4, -0.2) is 24.9 Å². The van der Waals surface area contributed by atoms with Gasteiger partial charge in [-0.05, 0) is 83.9 Å². The van der Waals surface area contributed by atoms with Crippen LogP contribution < -0.4 is 10.1 Å². The van der Waals surface area contributed by atoms with Crippen molar-refractivity contribution in [3.8, 4) is 16.9 Å². The second-order valence-electron chi connectivity index (χ2n) is 6.61. The van der Waals surface area contributed by atoms with Crippen molar-refractivity contribution in [1.82, 2.24) is 0 Å². The van der Waals surface area contributed by atoms with Crippen LogP contribution in [0.1, 0.15) is 15.9 Å². The maximum atomic E-state index is 12.5. The monoisotopic (exact) mass is 431 g/mol. The summed E-state index contributed by atoms with van der Waals surface area (Å²) in [4.78, 5) is 12.5. The molecule has 0 unspecified atom stereocenters. The number of hydrogen-bond donors (Lipinski definition) is 1. The minimum absolute atomic E-state index is 0.0443. The first kappa shape index (κ1) is 21.8. The van der Waals surface area contributed by atoms with Crippen molar-refractivity contribution in [2.24, 2.45) is 0 Å². The number of alkyl halides is 3. The number of thioether (sulfide) groups is 1. The quantitative estimate of drug-likeness (QED) is 0.339. The summed E-state index contributed by atoms with van der Waals surface area (Å²) in [6, 6.07) is 18.9. The Morgan fingerprint density at radius 3 is 2.23 bits per heavy atom. The molecule has 0 saturated heterocycles. The Bertz CT molecular complexity index is 1020. The fourth-order valence-corrected chi connectivity index (χ4v) is 3.53. The van der Waals surface area contributed by atoms with Crippen molar-refractivity contribution in [1.29, 1.82) is 0 Å². The van der Waals surface area contributed by atoms with E-state index in [0.717, 1.165) is 22.4 Å². The molecule has 0 bridgehead atoms. The SMILES string of the molecule is COc1ccc(C(=O)CNc2ccc(-c3ccc(SC(F)(F)F)cc3)c(C)c2)cc1. The molecule has 3 aromatic rings. The number of nitrogens with one attached hydrogen (secondary N) is 1. The fraction of sp³-hybridized carbons (Fsp3) is 0.174. The molecule has 0 aliphatic heterocycles. The normalized spacial score (nSPS) is 11.2. The number of aryl methyl sites for hydroxylation is 1. The molecule has 0 aliphatic carbocycles. The van der Waals surface area contributed by atoms with E-state index in [-0.39, 0.29) is 29.0 Å². The number of anilines is 1. The van der Waals surface area contributed by atoms with Crippen LogP contribution in [0.3, 0.4) is 0 Å². The van der Waals surface area contributed by atoms with E-state index in [1.54, 1.807) is 43.5 Å². The van der Waals surface area contributed by atoms with Crippen LogP contribution in [0.4, 0.5) is 18.9 Å². The molecule has 3 nitrogen and oxygen atoms in total. The average Bonchev–Trinajstić information content (AvgIpc) is 2.72. The third-order valence-electron chi connectivity index (χ3n) is 4.49. The number of hydrogen-bond acceptors (Lipinski definition) is 4. The summed E-state index contributed by atoms with van der Waals surface area (Å²) in [5, 5.41) is 3.12. The van der Waals surface area contributed by atoms with E-state index in [1.807, 2.05) is 25.1 Å². The highest BCUT2D eigenvalue weighted by molar-refractivity contribution is 8.00. The third-order valence-corrected chi connectivity index (χ3v) is 5.23. The first-order valence-electron chi connectivity index (χ1n) is 9.13. The molecule has 0 atom stereocenters. The molecular formula is C23H20F3NO2S. The highest BCUT2D eigenvalue weighted by atomic mass is 32.2. The lowest BCUT2D eigenvalue weighted by atomic mass is 10.00. The van der Waals surface area contributed by atoms with Crippen molar-refractivity contribution in [2.75, 3.05) is 19.0 Å². The Hall–Kier alpha value is -2.93. The molecular weight excluding hydrogens is 411 g/mol. The lowest BCUT2D eigenvalue weighted by Gasteiger charge is -2.12. The van der Waals surface area contributed by atoms with Gasteiger partial charge in [-0.2, -0.15) is 13.2 Å². The molecule has 0 spiro atoms. The summed E-state index contributed by atoms with van der Waals surface area (Å²) in [7, 11) is 1.57. The van der Waals surface area contributed by atoms with Crippen LogP contribution >= 0.6 is 11.8 Å². The lowest BCUT2D eigenvalue weighted by Crippen LogP contribution is -2.14. The zero-order valence-corrected chi connectivity index (χ0v) is 17.2. The van der Waals surface area contributed by atoms with Crippen LogP contribution in [0, 0.1) is 6.92 Å². The van der Waals surface area contributed by atoms with Crippen molar-refractivity contribution >= 4 is 23.2 Å². The molecule has 0 heterocycles. The molecule has 30 heavy (non-hydrogen) atoms. The Balaban J connectivity index is 1.65. The number of benzene rings is 3. The van der Waals surface area contributed by atoms with E-state index < -0.39 is 5.51 Å². The van der Waals surface area contributed by atoms with Gasteiger partial charge in [0, 0.05) is 16.1 Å². The highest BCUT2D eigenvalue weighted by Gasteiger charge is 2.29. The lowest BCUT2D eigenvalue weighted by molar-refractivity contribution is -0.0328. The summed E-state index contributed by atoms with van der Waals surface area (Å²) in [5.74, 6) is 0.646. The average molecular weight is 431 g/mol. The summed E-state index contributed by atoms with van der Waals surface area (Å²) in [6.45, 7) is 2.07. The minimum Gasteiger partial charge on any atom is -0.497 e. The number of halogens is 3. The molecule has 3 aromatic carbocycles. The standard InChI is InChI=1S/C23H20F3NO2S/c1-15-13-18(27-14-22(28)17-3-8-19(29-2)9-4-17)7-12-21(15)16-5-10-20(11-6-16)30-23(24,25)26/h3-13,27H,14H2,1-2H3. The molecule has 0 radical (unpaired) electrons. The summed E-state index contributed by atoms with van der Waals surface area (Å²) < 4.78 is 42.5. The Morgan fingerprint density at radius 1 is 1.00 bits per heavy atom. The molecule has 1 N–H and O–H groups in total. The van der Waals surface area contributed by atoms with Gasteiger partial charge in [0.2, 0.25) is 0 Å². The number of rotatable bonds is 7. The third kappa shape index (κ3) is 5.79. The number of ether oxygens (including phenoxy) is 1. The Morgan fingerprint density at radius 2 is 1.67 bits per heavy atom. The van der Waals surface area contributed by atoms with E-state index in [0.29, 0.717) is 11.3 Å². The molecule has 0 aliphatic rings. The first-order valence-corrected chi connectivity index (χ1v) is 9.95. The van der Waals surface area contributed by atoms with Gasteiger partial charge in [0.15, 0.2) is 5.78 Å². The van der Waals surface area contributed by atoms with Crippen LogP contribution in [0.15, 0.2) is 71.6 Å². The molecule has 0 saturated carbocycles. The highest BCUT2D eigenvalue weighted by Crippen LogP contribution is 2.37. The number of carbonyl (C=O) groups excluding carboxylic acids is 1. The van der Waals surface area contributed by atoms with E-state index in [4.69, 9.17) is 4.74 Å². The maximum Gasteiger partial charge on any atom is 0.446 e. The largest absolute Gasteiger partial charge is 0.497 e. The Kier molecular flexibility index (Phi) is 6.72. The van der Waals surface area contributed by atoms with Crippen molar-refractivity contribution in [2.45, 2.75) is 17.3 Å². The minimum atomic E-state index is -4.30. The van der Waals surface area contributed by atoms with Gasteiger partial charge >= 0.3 is 5.51 Å². The second kappa shape index (κ2) is 9.26. The summed E-state index contributed by atoms with van der Waals surface area (Å²) in [5.41, 5.74) is -0.206. The number of ketones is 1. The van der Waals surface area contributed by atoms with Gasteiger partial charge in [-0.25, -0.2) is 0 Å². The molecule has 156 valence electrons. The zero-order chi connectivity index (χ0) is 21.7. The fourth-order valence-electron chi connectivity index (χ4n) is 3.00. The molecule has 7 heteroatoms. The van der Waals surface area contributed by atoms with Crippen molar-refractivity contribution in [3.05, 3.63) is 77.9 Å². The van der Waals surface area contributed by atoms with Crippen LogP contribution in [0.2, 0.25) is 0 Å². The van der Waals surface area contributed by atoms with Crippen molar-refractivity contribution < 1.29 is 22.7 Å². The van der Waals surface area contributed by atoms with Gasteiger partial charge in [0.25, 0.3) is 0 Å². The van der Waals surface area contributed by atoms with Gasteiger partial charge in [0.05, 0.1) is 13.7 Å². The molecule has 0 amide bonds. The predicted molar refractivity (Wildman–Crippen MR) is 114 cm³/mol. The van der Waals surface area contributed by atoms with E-state index >= 15 is 0 Å². The number of Topliss-reactive ketones (excluding diaryl/α,β-unsaturated/α-hetero) is 1. The summed E-state index contributed by atoms with van der Waals surface area (Å²) in [6.07, 6.45) is 0. The Labute approximate surface area is 177 Å². The number of methoxy groups -OCH3 is 1. The van der Waals surface area contributed by atoms with Gasteiger partial charge in [-0.1, -0.05) is 18.2 Å². The van der Waals surface area contributed by atoms with E-state index in [2.05, 4.69) is 5.32 Å². The predicted octanol–water partition coefficient (Wildman–Crippen LogP) is 6.58. The number of carbonyl (C=O) groups is 1. The van der Waals surface area contributed by atoms with Crippen LogP contribution in [0.25, 0.3) is 11.1 Å². The van der Waals surface area contributed by atoms with Gasteiger partial charge in [-0.3, -0.25) is 4.79 Å². The van der Waals surface area contributed by atoms with Gasteiger partial charge in [-0.15, -0.1) is 0 Å². The second-order valence-corrected chi connectivity index (χ2v) is 7.75. The van der Waals surface area contributed by atoms with Gasteiger partial charge < -0.3 is 10.1 Å². The maximum absolute atomic E-state index is 12.5. The van der Waals surface area contributed by atoms with Crippen molar-refractivity contribution in [3.63, 3.8) is 0 Å². The van der Waals surface area contributed by atoms with Crippen LogP contribution in [0.5, 0.6) is 5.75 Å². The molecule has 0 aromatic heterocycles. The van der Waals surface area contributed by atoms with Crippen LogP contribution in [-0.2, 0) is 0 Å². The van der Waals surface area contributed by atoms with Gasteiger partial charge in [0.1, 0.15) is 5.75 Å². The first-order chi connectivity index (χ1) is 14.2. The topological polar surface area (TPSA) is 38.3 Å². The molecule has 0 fully saturated rings. The summed E-state index contributed by atoms with van der Waals surface area (Å²) >= 11 is -0.128. The molecule has 3 rings (SSSR count). The van der Waals surface area contributed by atoms with E-state index in [1.165, 1.54) is 12.1 Å². The zero-order valence-electron chi connectivity index (χ0n) is 16.4.